The minimum atomic E-state index is -0.527. The fourth-order valence-corrected chi connectivity index (χ4v) is 4.12. The van der Waals surface area contributed by atoms with Crippen LogP contribution in [0, 0.1) is 5.82 Å². The predicted octanol–water partition coefficient (Wildman–Crippen LogP) is 5.20. The van der Waals surface area contributed by atoms with Crippen LogP contribution in [0.2, 0.25) is 0 Å². The molecule has 0 amide bonds. The second kappa shape index (κ2) is 9.62. The summed E-state index contributed by atoms with van der Waals surface area (Å²) < 4.78 is 33.7. The highest BCUT2D eigenvalue weighted by Crippen LogP contribution is 2.37. The molecule has 4 rings (SSSR count). The molecule has 0 spiro atoms. The standard InChI is InChI=1S/C25H29FN2O3/c1-3-4-24-27-11-12-28(24)22-7-5-19(6-8-22)18-31-23-16-20(15-21(26)17-23)25(29-2)9-13-30-14-10-25/h5-8,11-12,15-17H,3-4,9-10,13-14,18H2,1-2H3. The number of rotatable bonds is 8. The van der Waals surface area contributed by atoms with E-state index in [0.29, 0.717) is 38.4 Å². The van der Waals surface area contributed by atoms with Gasteiger partial charge in [0, 0.05) is 63.7 Å². The highest BCUT2D eigenvalue weighted by Gasteiger charge is 2.35. The minimum absolute atomic E-state index is 0.325. The number of imidazole rings is 1. The van der Waals surface area contributed by atoms with Crippen molar-refractivity contribution in [2.45, 2.75) is 44.8 Å². The summed E-state index contributed by atoms with van der Waals surface area (Å²) in [7, 11) is 1.67. The summed E-state index contributed by atoms with van der Waals surface area (Å²) in [5.74, 6) is 1.23. The van der Waals surface area contributed by atoms with Gasteiger partial charge in [-0.05, 0) is 41.8 Å². The fraction of sp³-hybridized carbons (Fsp3) is 0.400. The van der Waals surface area contributed by atoms with E-state index in [1.807, 2.05) is 30.6 Å². The Hall–Kier alpha value is -2.70. The topological polar surface area (TPSA) is 45.5 Å². The normalized spacial score (nSPS) is 15.7. The molecule has 1 aliphatic heterocycles. The van der Waals surface area contributed by atoms with Gasteiger partial charge in [0.1, 0.15) is 24.0 Å². The second-order valence-electron chi connectivity index (χ2n) is 7.90. The molecule has 2 heterocycles. The molecule has 0 atom stereocenters. The molecule has 3 aromatic rings. The molecule has 1 saturated heterocycles. The zero-order valence-corrected chi connectivity index (χ0v) is 18.1. The molecule has 6 heteroatoms. The van der Waals surface area contributed by atoms with Crippen molar-refractivity contribution in [1.82, 2.24) is 9.55 Å². The smallest absolute Gasteiger partial charge is 0.127 e. The number of ether oxygens (including phenoxy) is 3. The Morgan fingerprint density at radius 2 is 1.90 bits per heavy atom. The molecule has 1 aromatic heterocycles. The number of aryl methyl sites for hydroxylation is 1. The summed E-state index contributed by atoms with van der Waals surface area (Å²) in [6.45, 7) is 3.71. The lowest BCUT2D eigenvalue weighted by Crippen LogP contribution is -2.35. The van der Waals surface area contributed by atoms with Gasteiger partial charge in [-0.25, -0.2) is 9.37 Å². The highest BCUT2D eigenvalue weighted by molar-refractivity contribution is 5.37. The summed E-state index contributed by atoms with van der Waals surface area (Å²) in [5, 5.41) is 0. The van der Waals surface area contributed by atoms with E-state index in [4.69, 9.17) is 14.2 Å². The summed E-state index contributed by atoms with van der Waals surface area (Å²) in [6.07, 6.45) is 7.19. The number of benzene rings is 2. The third-order valence-electron chi connectivity index (χ3n) is 5.90. The average molecular weight is 425 g/mol. The largest absolute Gasteiger partial charge is 0.489 e. The Kier molecular flexibility index (Phi) is 6.68. The first kappa shape index (κ1) is 21.5. The lowest BCUT2D eigenvalue weighted by atomic mass is 9.86. The van der Waals surface area contributed by atoms with Gasteiger partial charge in [0.25, 0.3) is 0 Å². The first-order chi connectivity index (χ1) is 15.1. The fourth-order valence-electron chi connectivity index (χ4n) is 4.12. The number of halogens is 1. The Labute approximate surface area is 182 Å². The van der Waals surface area contributed by atoms with Crippen molar-refractivity contribution in [2.75, 3.05) is 20.3 Å². The molecule has 1 aliphatic rings. The lowest BCUT2D eigenvalue weighted by Gasteiger charge is -2.36. The number of aromatic nitrogens is 2. The Morgan fingerprint density at radius 1 is 1.13 bits per heavy atom. The van der Waals surface area contributed by atoms with Gasteiger partial charge >= 0.3 is 0 Å². The maximum atomic E-state index is 14.3. The third-order valence-corrected chi connectivity index (χ3v) is 5.90. The van der Waals surface area contributed by atoms with Crippen LogP contribution < -0.4 is 4.74 Å². The van der Waals surface area contributed by atoms with Crippen LogP contribution in [0.25, 0.3) is 5.69 Å². The molecule has 0 saturated carbocycles. The van der Waals surface area contributed by atoms with Crippen molar-refractivity contribution in [2.24, 2.45) is 0 Å². The molecular weight excluding hydrogens is 395 g/mol. The Balaban J connectivity index is 1.47. The first-order valence-corrected chi connectivity index (χ1v) is 10.8. The summed E-state index contributed by atoms with van der Waals surface area (Å²) in [5.41, 5.74) is 2.35. The molecule has 2 aromatic carbocycles. The van der Waals surface area contributed by atoms with Crippen LogP contribution in [0.5, 0.6) is 5.75 Å². The maximum Gasteiger partial charge on any atom is 0.127 e. The molecular formula is C25H29FN2O3. The van der Waals surface area contributed by atoms with Crippen LogP contribution in [0.4, 0.5) is 4.39 Å². The van der Waals surface area contributed by atoms with E-state index in [1.165, 1.54) is 12.1 Å². The zero-order chi connectivity index (χ0) is 21.7. The molecule has 0 bridgehead atoms. The van der Waals surface area contributed by atoms with Crippen molar-refractivity contribution < 1.29 is 18.6 Å². The van der Waals surface area contributed by atoms with Crippen LogP contribution >= 0.6 is 0 Å². The molecule has 0 N–H and O–H groups in total. The SMILES string of the molecule is CCCc1nccn1-c1ccc(COc2cc(F)cc(C3(OC)CCOCC3)c2)cc1. The molecule has 164 valence electrons. The molecule has 5 nitrogen and oxygen atoms in total. The monoisotopic (exact) mass is 424 g/mol. The van der Waals surface area contributed by atoms with E-state index < -0.39 is 5.60 Å². The number of methoxy groups -OCH3 is 1. The van der Waals surface area contributed by atoms with Crippen LogP contribution in [0.3, 0.4) is 0 Å². The first-order valence-electron chi connectivity index (χ1n) is 10.8. The molecule has 31 heavy (non-hydrogen) atoms. The van der Waals surface area contributed by atoms with Gasteiger partial charge in [0.05, 0.1) is 5.60 Å². The molecule has 1 fully saturated rings. The van der Waals surface area contributed by atoms with Crippen LogP contribution in [-0.4, -0.2) is 29.9 Å². The van der Waals surface area contributed by atoms with Crippen molar-refractivity contribution in [3.8, 4) is 11.4 Å². The Morgan fingerprint density at radius 3 is 2.61 bits per heavy atom. The summed E-state index contributed by atoms with van der Waals surface area (Å²) in [4.78, 5) is 4.43. The van der Waals surface area contributed by atoms with Crippen molar-refractivity contribution >= 4 is 0 Å². The lowest BCUT2D eigenvalue weighted by molar-refractivity contribution is -0.0950. The predicted molar refractivity (Wildman–Crippen MR) is 117 cm³/mol. The van der Waals surface area contributed by atoms with Gasteiger partial charge in [-0.3, -0.25) is 0 Å². The molecule has 0 aliphatic carbocycles. The van der Waals surface area contributed by atoms with Gasteiger partial charge in [-0.15, -0.1) is 0 Å². The molecule has 0 unspecified atom stereocenters. The minimum Gasteiger partial charge on any atom is -0.489 e. The maximum absolute atomic E-state index is 14.3. The number of nitrogens with zero attached hydrogens (tertiary/aromatic N) is 2. The van der Waals surface area contributed by atoms with E-state index in [9.17, 15) is 4.39 Å². The van der Waals surface area contributed by atoms with Crippen LogP contribution in [0.15, 0.2) is 54.9 Å². The van der Waals surface area contributed by atoms with Gasteiger partial charge < -0.3 is 18.8 Å². The summed E-state index contributed by atoms with van der Waals surface area (Å²) in [6, 6.07) is 13.0. The van der Waals surface area contributed by atoms with E-state index in [-0.39, 0.29) is 5.82 Å². The number of hydrogen-bond acceptors (Lipinski definition) is 4. The summed E-state index contributed by atoms with van der Waals surface area (Å²) >= 11 is 0. The van der Waals surface area contributed by atoms with Crippen molar-refractivity contribution in [1.29, 1.82) is 0 Å². The Bertz CT molecular complexity index is 994. The van der Waals surface area contributed by atoms with Crippen LogP contribution in [-0.2, 0) is 28.1 Å². The van der Waals surface area contributed by atoms with Gasteiger partial charge in [-0.2, -0.15) is 0 Å². The zero-order valence-electron chi connectivity index (χ0n) is 18.1. The quantitative estimate of drug-likeness (QED) is 0.499. The average Bonchev–Trinajstić information content (AvgIpc) is 3.27. The van der Waals surface area contributed by atoms with E-state index in [2.05, 4.69) is 28.6 Å². The van der Waals surface area contributed by atoms with Crippen molar-refractivity contribution in [3.05, 3.63) is 77.6 Å². The second-order valence-corrected chi connectivity index (χ2v) is 7.90. The van der Waals surface area contributed by atoms with Gasteiger partial charge in [0.15, 0.2) is 0 Å². The van der Waals surface area contributed by atoms with E-state index in [0.717, 1.165) is 35.5 Å². The van der Waals surface area contributed by atoms with Gasteiger partial charge in [0.2, 0.25) is 0 Å². The van der Waals surface area contributed by atoms with Crippen LogP contribution in [0.1, 0.15) is 43.1 Å². The van der Waals surface area contributed by atoms with E-state index >= 15 is 0 Å². The highest BCUT2D eigenvalue weighted by atomic mass is 19.1. The van der Waals surface area contributed by atoms with Crippen molar-refractivity contribution in [3.63, 3.8) is 0 Å². The van der Waals surface area contributed by atoms with Gasteiger partial charge in [-0.1, -0.05) is 19.1 Å². The third kappa shape index (κ3) is 4.81. The molecule has 0 radical (unpaired) electrons. The number of hydrogen-bond donors (Lipinski definition) is 0. The van der Waals surface area contributed by atoms with E-state index in [1.54, 1.807) is 7.11 Å².